The number of rotatable bonds is 2. The Hall–Kier alpha value is -1.25. The summed E-state index contributed by atoms with van der Waals surface area (Å²) in [5, 5.41) is 0. The van der Waals surface area contributed by atoms with E-state index in [-0.39, 0.29) is 0 Å². The fraction of sp³-hybridized carbons (Fsp3) is 0.500. The van der Waals surface area contributed by atoms with Gasteiger partial charge in [-0.25, -0.2) is 4.98 Å². The van der Waals surface area contributed by atoms with Crippen LogP contribution in [0.25, 0.3) is 0 Å². The number of aromatic nitrogens is 1. The van der Waals surface area contributed by atoms with Gasteiger partial charge in [0.1, 0.15) is 0 Å². The van der Waals surface area contributed by atoms with E-state index in [1.54, 1.807) is 6.20 Å². The zero-order valence-electron chi connectivity index (χ0n) is 8.70. The molecule has 1 rings (SSSR count). The number of nitrogen functional groups attached to an aromatic ring is 1. The molecule has 0 saturated heterocycles. The second-order valence-corrected chi connectivity index (χ2v) is 3.57. The molecule has 0 atom stereocenters. The third-order valence-electron chi connectivity index (χ3n) is 2.30. The summed E-state index contributed by atoms with van der Waals surface area (Å²) in [4.78, 5) is 6.33. The summed E-state index contributed by atoms with van der Waals surface area (Å²) in [7, 11) is 2.00. The Morgan fingerprint density at radius 1 is 1.46 bits per heavy atom. The first-order valence-electron chi connectivity index (χ1n) is 4.48. The van der Waals surface area contributed by atoms with Gasteiger partial charge in [0.25, 0.3) is 0 Å². The van der Waals surface area contributed by atoms with Gasteiger partial charge in [0.2, 0.25) is 0 Å². The summed E-state index contributed by atoms with van der Waals surface area (Å²) in [6.07, 6.45) is 1.79. The third-order valence-corrected chi connectivity index (χ3v) is 2.30. The van der Waals surface area contributed by atoms with Gasteiger partial charge >= 0.3 is 0 Å². The first-order valence-corrected chi connectivity index (χ1v) is 4.48. The maximum absolute atomic E-state index is 5.92. The Labute approximate surface area is 79.6 Å². The molecule has 0 amide bonds. The molecule has 0 aliphatic rings. The molecule has 0 saturated carbocycles. The standard InChI is InChI=1S/C10H17N3/c1-7(2)13(4)10-9(11)8(3)5-6-12-10/h5-7H,11H2,1-4H3. The van der Waals surface area contributed by atoms with Gasteiger partial charge < -0.3 is 10.6 Å². The number of pyridine rings is 1. The van der Waals surface area contributed by atoms with E-state index < -0.39 is 0 Å². The molecule has 0 radical (unpaired) electrons. The topological polar surface area (TPSA) is 42.2 Å². The molecule has 72 valence electrons. The Morgan fingerprint density at radius 2 is 2.08 bits per heavy atom. The van der Waals surface area contributed by atoms with Crippen LogP contribution in [0, 0.1) is 6.92 Å². The minimum absolute atomic E-state index is 0.414. The minimum atomic E-state index is 0.414. The van der Waals surface area contributed by atoms with Crippen LogP contribution in [-0.2, 0) is 0 Å². The fourth-order valence-corrected chi connectivity index (χ4v) is 1.08. The average Bonchev–Trinajstić information content (AvgIpc) is 2.08. The highest BCUT2D eigenvalue weighted by molar-refractivity contribution is 5.66. The Bertz CT molecular complexity index is 294. The number of hydrogen-bond acceptors (Lipinski definition) is 3. The van der Waals surface area contributed by atoms with Gasteiger partial charge in [-0.2, -0.15) is 0 Å². The van der Waals surface area contributed by atoms with Gasteiger partial charge in [-0.3, -0.25) is 0 Å². The maximum atomic E-state index is 5.92. The zero-order chi connectivity index (χ0) is 10.0. The van der Waals surface area contributed by atoms with E-state index in [0.29, 0.717) is 6.04 Å². The van der Waals surface area contributed by atoms with Crippen molar-refractivity contribution in [2.45, 2.75) is 26.8 Å². The molecule has 2 N–H and O–H groups in total. The van der Waals surface area contributed by atoms with E-state index in [2.05, 4.69) is 23.7 Å². The first-order chi connectivity index (χ1) is 6.04. The summed E-state index contributed by atoms with van der Waals surface area (Å²) in [5.41, 5.74) is 7.77. The van der Waals surface area contributed by atoms with Gasteiger partial charge in [-0.15, -0.1) is 0 Å². The van der Waals surface area contributed by atoms with E-state index >= 15 is 0 Å². The van der Waals surface area contributed by atoms with Crippen molar-refractivity contribution in [3.8, 4) is 0 Å². The number of nitrogens with two attached hydrogens (primary N) is 1. The second-order valence-electron chi connectivity index (χ2n) is 3.57. The first kappa shape index (κ1) is 9.84. The molecule has 1 heterocycles. The summed E-state index contributed by atoms with van der Waals surface area (Å²) < 4.78 is 0. The molecule has 0 unspecified atom stereocenters. The van der Waals surface area contributed by atoms with Crippen molar-refractivity contribution in [3.05, 3.63) is 17.8 Å². The van der Waals surface area contributed by atoms with Gasteiger partial charge in [-0.1, -0.05) is 0 Å². The van der Waals surface area contributed by atoms with Crippen molar-refractivity contribution in [2.75, 3.05) is 17.7 Å². The van der Waals surface area contributed by atoms with E-state index in [9.17, 15) is 0 Å². The molecule has 0 aliphatic carbocycles. The lowest BCUT2D eigenvalue weighted by Gasteiger charge is -2.24. The molecule has 3 heteroatoms. The Morgan fingerprint density at radius 3 is 2.62 bits per heavy atom. The smallest absolute Gasteiger partial charge is 0.152 e. The van der Waals surface area contributed by atoms with Crippen LogP contribution in [0.15, 0.2) is 12.3 Å². The molecule has 0 bridgehead atoms. The highest BCUT2D eigenvalue weighted by Gasteiger charge is 2.10. The van der Waals surface area contributed by atoms with Crippen LogP contribution in [-0.4, -0.2) is 18.1 Å². The van der Waals surface area contributed by atoms with Crippen LogP contribution in [0.5, 0.6) is 0 Å². The molecule has 0 fully saturated rings. The molecule has 13 heavy (non-hydrogen) atoms. The third kappa shape index (κ3) is 1.91. The van der Waals surface area contributed by atoms with Crippen LogP contribution in [0.2, 0.25) is 0 Å². The summed E-state index contributed by atoms with van der Waals surface area (Å²) in [6, 6.07) is 2.34. The largest absolute Gasteiger partial charge is 0.396 e. The van der Waals surface area contributed by atoms with Gasteiger partial charge in [0.15, 0.2) is 5.82 Å². The Balaban J connectivity index is 3.07. The summed E-state index contributed by atoms with van der Waals surface area (Å²) in [6.45, 7) is 6.22. The van der Waals surface area contributed by atoms with E-state index in [4.69, 9.17) is 5.73 Å². The fourth-order valence-electron chi connectivity index (χ4n) is 1.08. The van der Waals surface area contributed by atoms with Crippen molar-refractivity contribution < 1.29 is 0 Å². The summed E-state index contributed by atoms with van der Waals surface area (Å²) >= 11 is 0. The zero-order valence-corrected chi connectivity index (χ0v) is 8.70. The highest BCUT2D eigenvalue weighted by Crippen LogP contribution is 2.23. The van der Waals surface area contributed by atoms with E-state index in [0.717, 1.165) is 17.1 Å². The van der Waals surface area contributed by atoms with Crippen LogP contribution in [0.3, 0.4) is 0 Å². The lowest BCUT2D eigenvalue weighted by molar-refractivity contribution is 0.744. The molecule has 0 aliphatic heterocycles. The predicted octanol–water partition coefficient (Wildman–Crippen LogP) is 1.82. The van der Waals surface area contributed by atoms with Gasteiger partial charge in [-0.05, 0) is 32.4 Å². The monoisotopic (exact) mass is 179 g/mol. The quantitative estimate of drug-likeness (QED) is 0.753. The molecule has 1 aromatic rings. The van der Waals surface area contributed by atoms with E-state index in [1.807, 2.05) is 20.0 Å². The molecular weight excluding hydrogens is 162 g/mol. The van der Waals surface area contributed by atoms with Gasteiger partial charge in [0, 0.05) is 19.3 Å². The van der Waals surface area contributed by atoms with Crippen molar-refractivity contribution >= 4 is 11.5 Å². The van der Waals surface area contributed by atoms with Gasteiger partial charge in [0.05, 0.1) is 5.69 Å². The van der Waals surface area contributed by atoms with Crippen molar-refractivity contribution in [1.29, 1.82) is 0 Å². The highest BCUT2D eigenvalue weighted by atomic mass is 15.2. The van der Waals surface area contributed by atoms with Crippen LogP contribution in [0.4, 0.5) is 11.5 Å². The minimum Gasteiger partial charge on any atom is -0.396 e. The normalized spacial score (nSPS) is 10.5. The van der Waals surface area contributed by atoms with Crippen LogP contribution < -0.4 is 10.6 Å². The second kappa shape index (κ2) is 3.64. The molecule has 3 nitrogen and oxygen atoms in total. The lowest BCUT2D eigenvalue weighted by atomic mass is 10.2. The van der Waals surface area contributed by atoms with Crippen molar-refractivity contribution in [1.82, 2.24) is 4.98 Å². The molecule has 0 aromatic carbocycles. The number of anilines is 2. The number of nitrogens with zero attached hydrogens (tertiary/aromatic N) is 2. The van der Waals surface area contributed by atoms with Crippen LogP contribution >= 0.6 is 0 Å². The van der Waals surface area contributed by atoms with Crippen molar-refractivity contribution in [2.24, 2.45) is 0 Å². The SMILES string of the molecule is Cc1ccnc(N(C)C(C)C)c1N. The average molecular weight is 179 g/mol. The molecule has 0 spiro atoms. The van der Waals surface area contributed by atoms with E-state index in [1.165, 1.54) is 0 Å². The predicted molar refractivity (Wildman–Crippen MR) is 56.9 cm³/mol. The van der Waals surface area contributed by atoms with Crippen molar-refractivity contribution in [3.63, 3.8) is 0 Å². The number of aryl methyl sites for hydroxylation is 1. The Kier molecular flexibility index (Phi) is 2.76. The lowest BCUT2D eigenvalue weighted by Crippen LogP contribution is -2.27. The summed E-state index contributed by atoms with van der Waals surface area (Å²) in [5.74, 6) is 0.870. The molecule has 1 aromatic heterocycles. The van der Waals surface area contributed by atoms with Crippen LogP contribution in [0.1, 0.15) is 19.4 Å². The molecular formula is C10H17N3. The maximum Gasteiger partial charge on any atom is 0.152 e. The number of hydrogen-bond donors (Lipinski definition) is 1.